The number of nitro groups is 1. The Morgan fingerprint density at radius 3 is 3.05 bits per heavy atom. The lowest BCUT2D eigenvalue weighted by Crippen LogP contribution is -2.11. The summed E-state index contributed by atoms with van der Waals surface area (Å²) in [5.74, 6) is -1.12. The first-order chi connectivity index (χ1) is 9.08. The van der Waals surface area contributed by atoms with E-state index in [2.05, 4.69) is 20.5 Å². The van der Waals surface area contributed by atoms with Gasteiger partial charge < -0.3 is 5.11 Å². The topological polar surface area (TPSA) is 137 Å². The maximum Gasteiger partial charge on any atom is 0.325 e. The third kappa shape index (κ3) is 3.01. The van der Waals surface area contributed by atoms with Gasteiger partial charge in [0.25, 0.3) is 0 Å². The Morgan fingerprint density at radius 1 is 1.58 bits per heavy atom. The fourth-order valence-electron chi connectivity index (χ4n) is 1.18. The molecule has 0 amide bonds. The number of aliphatic carboxylic acids is 1. The maximum atomic E-state index is 10.8. The van der Waals surface area contributed by atoms with E-state index in [0.717, 1.165) is 16.4 Å². The van der Waals surface area contributed by atoms with E-state index in [-0.39, 0.29) is 15.9 Å². The molecule has 0 aliphatic rings. The summed E-state index contributed by atoms with van der Waals surface area (Å²) < 4.78 is 1.02. The quantitative estimate of drug-likeness (QED) is 0.602. The van der Waals surface area contributed by atoms with Crippen LogP contribution in [0.5, 0.6) is 0 Å². The second-order valence-electron chi connectivity index (χ2n) is 3.20. The number of tetrazole rings is 1. The highest BCUT2D eigenvalue weighted by atomic mass is 32.2. The van der Waals surface area contributed by atoms with E-state index in [1.54, 1.807) is 0 Å². The average Bonchev–Trinajstić information content (AvgIpc) is 2.76. The average molecular weight is 282 g/mol. The third-order valence-corrected chi connectivity index (χ3v) is 2.90. The van der Waals surface area contributed by atoms with Gasteiger partial charge in [0.1, 0.15) is 6.54 Å². The number of carboxylic acids is 1. The molecule has 0 unspecified atom stereocenters. The van der Waals surface area contributed by atoms with Crippen LogP contribution in [-0.2, 0) is 11.3 Å². The van der Waals surface area contributed by atoms with E-state index >= 15 is 0 Å². The Morgan fingerprint density at radius 2 is 2.37 bits per heavy atom. The van der Waals surface area contributed by atoms with Gasteiger partial charge in [-0.3, -0.25) is 14.9 Å². The van der Waals surface area contributed by atoms with Crippen molar-refractivity contribution in [2.45, 2.75) is 16.7 Å². The standard InChI is InChI=1S/C8H6N6O4S/c15-6(16)4-13-8(10-11-12-13)19-7-5(14(17)18)2-1-3-9-7/h1-3H,4H2,(H,15,16). The SMILES string of the molecule is O=C(O)Cn1nnnc1Sc1ncccc1[N+](=O)[O-]. The number of rotatable bonds is 5. The summed E-state index contributed by atoms with van der Waals surface area (Å²) in [7, 11) is 0. The molecule has 10 nitrogen and oxygen atoms in total. The molecule has 0 aromatic carbocycles. The molecule has 0 saturated heterocycles. The van der Waals surface area contributed by atoms with Gasteiger partial charge >= 0.3 is 11.7 Å². The normalized spacial score (nSPS) is 10.3. The molecule has 0 radical (unpaired) electrons. The minimum Gasteiger partial charge on any atom is -0.480 e. The molecule has 2 aromatic rings. The molecule has 0 aliphatic heterocycles. The fourth-order valence-corrected chi connectivity index (χ4v) is 2.00. The molecular formula is C8H6N6O4S. The number of pyridine rings is 1. The summed E-state index contributed by atoms with van der Waals surface area (Å²) in [6, 6.07) is 2.73. The summed E-state index contributed by atoms with van der Waals surface area (Å²) in [5, 5.41) is 30.1. The number of nitrogens with zero attached hydrogens (tertiary/aromatic N) is 6. The lowest BCUT2D eigenvalue weighted by Gasteiger charge is -2.01. The predicted octanol–water partition coefficient (Wildman–Crippen LogP) is 0.212. The second-order valence-corrected chi connectivity index (χ2v) is 4.16. The molecule has 11 heteroatoms. The van der Waals surface area contributed by atoms with Gasteiger partial charge in [-0.2, -0.15) is 0 Å². The first-order valence-corrected chi connectivity index (χ1v) is 5.65. The van der Waals surface area contributed by atoms with E-state index in [4.69, 9.17) is 5.11 Å². The zero-order chi connectivity index (χ0) is 13.8. The Labute approximate surface area is 109 Å². The van der Waals surface area contributed by atoms with Gasteiger partial charge in [0.2, 0.25) is 5.16 Å². The lowest BCUT2D eigenvalue weighted by molar-refractivity contribution is -0.388. The van der Waals surface area contributed by atoms with Gasteiger partial charge in [-0.25, -0.2) is 9.67 Å². The van der Waals surface area contributed by atoms with Crippen molar-refractivity contribution in [2.75, 3.05) is 0 Å². The summed E-state index contributed by atoms with van der Waals surface area (Å²) in [4.78, 5) is 24.7. The molecule has 0 saturated carbocycles. The van der Waals surface area contributed by atoms with E-state index in [9.17, 15) is 14.9 Å². The third-order valence-electron chi connectivity index (χ3n) is 1.92. The molecule has 2 aromatic heterocycles. The number of carbonyl (C=O) groups is 1. The fraction of sp³-hybridized carbons (Fsp3) is 0.125. The van der Waals surface area contributed by atoms with Crippen LogP contribution in [-0.4, -0.2) is 41.2 Å². The van der Waals surface area contributed by atoms with Crippen LogP contribution in [0, 0.1) is 10.1 Å². The Kier molecular flexibility index (Phi) is 3.66. The van der Waals surface area contributed by atoms with Gasteiger partial charge in [-0.15, -0.1) is 5.10 Å². The highest BCUT2D eigenvalue weighted by molar-refractivity contribution is 7.99. The van der Waals surface area contributed by atoms with Gasteiger partial charge in [0, 0.05) is 12.3 Å². The van der Waals surface area contributed by atoms with Crippen molar-refractivity contribution >= 4 is 23.4 Å². The molecule has 0 fully saturated rings. The van der Waals surface area contributed by atoms with Crippen molar-refractivity contribution in [3.63, 3.8) is 0 Å². The van der Waals surface area contributed by atoms with Crippen LogP contribution in [0.3, 0.4) is 0 Å². The summed E-state index contributed by atoms with van der Waals surface area (Å²) in [6.45, 7) is -0.435. The molecule has 0 spiro atoms. The number of carboxylic acid groups (broad SMARTS) is 1. The minimum atomic E-state index is -1.12. The predicted molar refractivity (Wildman–Crippen MR) is 60.5 cm³/mol. The monoisotopic (exact) mass is 282 g/mol. The zero-order valence-corrected chi connectivity index (χ0v) is 10.0. The summed E-state index contributed by atoms with van der Waals surface area (Å²) >= 11 is 0.829. The van der Waals surface area contributed by atoms with Gasteiger partial charge in [-0.1, -0.05) is 0 Å². The van der Waals surface area contributed by atoms with Crippen molar-refractivity contribution in [1.29, 1.82) is 0 Å². The van der Waals surface area contributed by atoms with E-state index in [1.165, 1.54) is 18.3 Å². The van der Waals surface area contributed by atoms with Crippen molar-refractivity contribution in [1.82, 2.24) is 25.2 Å². The first-order valence-electron chi connectivity index (χ1n) is 4.83. The molecule has 0 aliphatic carbocycles. The maximum absolute atomic E-state index is 10.8. The molecule has 19 heavy (non-hydrogen) atoms. The Bertz CT molecular complexity index is 629. The summed E-state index contributed by atoms with van der Waals surface area (Å²) in [5.41, 5.74) is -0.197. The van der Waals surface area contributed by atoms with Crippen LogP contribution in [0.4, 0.5) is 5.69 Å². The molecule has 2 heterocycles. The molecule has 2 rings (SSSR count). The Hall–Kier alpha value is -2.56. The van der Waals surface area contributed by atoms with Crippen molar-refractivity contribution in [3.05, 3.63) is 28.4 Å². The first kappa shape index (κ1) is 12.9. The minimum absolute atomic E-state index is 0.0916. The molecule has 0 bridgehead atoms. The smallest absolute Gasteiger partial charge is 0.325 e. The highest BCUT2D eigenvalue weighted by Gasteiger charge is 2.19. The van der Waals surface area contributed by atoms with Crippen molar-refractivity contribution in [3.8, 4) is 0 Å². The number of aromatic nitrogens is 5. The zero-order valence-electron chi connectivity index (χ0n) is 9.20. The van der Waals surface area contributed by atoms with Crippen molar-refractivity contribution < 1.29 is 14.8 Å². The van der Waals surface area contributed by atoms with Gasteiger partial charge in [0.05, 0.1) is 4.92 Å². The van der Waals surface area contributed by atoms with Crippen LogP contribution in [0.1, 0.15) is 0 Å². The number of hydrogen-bond donors (Lipinski definition) is 1. The molecular weight excluding hydrogens is 276 g/mol. The second kappa shape index (κ2) is 5.39. The molecule has 0 atom stereocenters. The highest BCUT2D eigenvalue weighted by Crippen LogP contribution is 2.30. The van der Waals surface area contributed by atoms with Crippen molar-refractivity contribution in [2.24, 2.45) is 0 Å². The van der Waals surface area contributed by atoms with Crippen LogP contribution in [0.25, 0.3) is 0 Å². The Balaban J connectivity index is 2.29. The van der Waals surface area contributed by atoms with Crippen LogP contribution in [0.15, 0.2) is 28.5 Å². The largest absolute Gasteiger partial charge is 0.480 e. The van der Waals surface area contributed by atoms with E-state index in [0.29, 0.717) is 0 Å². The van der Waals surface area contributed by atoms with Gasteiger partial charge in [0.15, 0.2) is 5.03 Å². The van der Waals surface area contributed by atoms with E-state index < -0.39 is 17.4 Å². The lowest BCUT2D eigenvalue weighted by atomic mass is 10.4. The van der Waals surface area contributed by atoms with Gasteiger partial charge in [-0.05, 0) is 28.3 Å². The van der Waals surface area contributed by atoms with Crippen LogP contribution in [0.2, 0.25) is 0 Å². The van der Waals surface area contributed by atoms with Crippen LogP contribution >= 0.6 is 11.8 Å². The molecule has 1 N–H and O–H groups in total. The van der Waals surface area contributed by atoms with E-state index in [1.807, 2.05) is 0 Å². The van der Waals surface area contributed by atoms with Crippen LogP contribution < -0.4 is 0 Å². The summed E-state index contributed by atoms with van der Waals surface area (Å²) in [6.07, 6.45) is 1.39. The number of hydrogen-bond acceptors (Lipinski definition) is 8. The molecule has 98 valence electrons.